The topological polar surface area (TPSA) is 20.2 Å². The summed E-state index contributed by atoms with van der Waals surface area (Å²) in [5.41, 5.74) is 10.6. The van der Waals surface area contributed by atoms with Gasteiger partial charge in [0, 0.05) is 22.8 Å². The summed E-state index contributed by atoms with van der Waals surface area (Å²) >= 11 is 0. The molecule has 0 bridgehead atoms. The number of aryl methyl sites for hydroxylation is 1. The zero-order chi connectivity index (χ0) is 22.4. The van der Waals surface area contributed by atoms with Gasteiger partial charge in [-0.3, -0.25) is 0 Å². The van der Waals surface area contributed by atoms with Crippen molar-refractivity contribution in [2.24, 2.45) is 0 Å². The van der Waals surface area contributed by atoms with Crippen LogP contribution in [0, 0.1) is 6.92 Å². The van der Waals surface area contributed by atoms with Gasteiger partial charge in [-0.05, 0) is 66.5 Å². The maximum absolute atomic E-state index is 10.5. The highest BCUT2D eigenvalue weighted by Gasteiger charge is 2.33. The number of aliphatic hydroxyl groups excluding tert-OH is 1. The first-order valence-corrected chi connectivity index (χ1v) is 11.6. The fourth-order valence-electron chi connectivity index (χ4n) is 4.95. The van der Waals surface area contributed by atoms with Crippen LogP contribution >= 0.6 is 0 Å². The molecule has 0 heterocycles. The van der Waals surface area contributed by atoms with Gasteiger partial charge in [0.05, 0.1) is 0 Å². The van der Waals surface area contributed by atoms with Crippen molar-refractivity contribution in [2.75, 3.05) is 0 Å². The molecule has 0 saturated carbocycles. The number of hydrogen-bond acceptors (Lipinski definition) is 1. The summed E-state index contributed by atoms with van der Waals surface area (Å²) in [7, 11) is 0. The highest BCUT2D eigenvalue weighted by molar-refractivity contribution is 5.76. The van der Waals surface area contributed by atoms with Crippen molar-refractivity contribution in [1.82, 2.24) is 0 Å². The quantitative estimate of drug-likeness (QED) is 0.505. The van der Waals surface area contributed by atoms with Gasteiger partial charge in [-0.1, -0.05) is 87.9 Å². The molecule has 1 heteroatoms. The summed E-state index contributed by atoms with van der Waals surface area (Å²) in [5.74, 6) is 0.521. The molecule has 0 unspecified atom stereocenters. The van der Waals surface area contributed by atoms with Crippen molar-refractivity contribution in [1.29, 1.82) is 0 Å². The average molecular weight is 413 g/mol. The van der Waals surface area contributed by atoms with E-state index in [0.29, 0.717) is 5.76 Å². The van der Waals surface area contributed by atoms with Crippen molar-refractivity contribution >= 4 is 5.57 Å². The Labute approximate surface area is 188 Å². The van der Waals surface area contributed by atoms with Crippen LogP contribution in [0.15, 0.2) is 66.0 Å². The molecule has 0 radical (unpaired) electrons. The normalized spacial score (nSPS) is 19.6. The average Bonchev–Trinajstić information content (AvgIpc) is 2.88. The van der Waals surface area contributed by atoms with Gasteiger partial charge in [-0.15, -0.1) is 0 Å². The summed E-state index contributed by atoms with van der Waals surface area (Å²) in [6, 6.07) is 13.6. The third-order valence-corrected chi connectivity index (χ3v) is 7.13. The minimum absolute atomic E-state index is 0.0604. The molecule has 162 valence electrons. The van der Waals surface area contributed by atoms with E-state index in [-0.39, 0.29) is 10.8 Å². The van der Waals surface area contributed by atoms with Crippen LogP contribution in [0.1, 0.15) is 87.3 Å². The molecule has 0 amide bonds. The fraction of sp³-hybridized carbons (Fsp3) is 0.400. The largest absolute Gasteiger partial charge is 0.512 e. The van der Waals surface area contributed by atoms with Gasteiger partial charge in [0.15, 0.2) is 0 Å². The number of rotatable bonds is 3. The molecule has 2 aliphatic rings. The molecular weight excluding hydrogens is 376 g/mol. The molecule has 0 aromatic heterocycles. The Hall–Kier alpha value is -2.54. The highest BCUT2D eigenvalue weighted by atomic mass is 16.3. The van der Waals surface area contributed by atoms with E-state index in [2.05, 4.69) is 96.2 Å². The van der Waals surface area contributed by atoms with Gasteiger partial charge >= 0.3 is 0 Å². The molecule has 4 rings (SSSR count). The summed E-state index contributed by atoms with van der Waals surface area (Å²) in [4.78, 5) is 0. The zero-order valence-electron chi connectivity index (χ0n) is 20.0. The third-order valence-electron chi connectivity index (χ3n) is 7.13. The van der Waals surface area contributed by atoms with Crippen LogP contribution < -0.4 is 0 Å². The van der Waals surface area contributed by atoms with Gasteiger partial charge in [-0.2, -0.15) is 0 Å². The van der Waals surface area contributed by atoms with Gasteiger partial charge in [0.2, 0.25) is 0 Å². The predicted molar refractivity (Wildman–Crippen MR) is 133 cm³/mol. The lowest BCUT2D eigenvalue weighted by atomic mass is 9.67. The lowest BCUT2D eigenvalue weighted by Crippen LogP contribution is -2.29. The second kappa shape index (κ2) is 7.86. The Bertz CT molecular complexity index is 1090. The molecule has 0 saturated heterocycles. The number of hydrogen-bond donors (Lipinski definition) is 1. The van der Waals surface area contributed by atoms with E-state index in [9.17, 15) is 5.11 Å². The summed E-state index contributed by atoms with van der Waals surface area (Å²) in [5, 5.41) is 10.5. The van der Waals surface area contributed by atoms with Crippen LogP contribution in [0.2, 0.25) is 0 Å². The fourth-order valence-corrected chi connectivity index (χ4v) is 4.95. The maximum atomic E-state index is 10.5. The second-order valence-corrected chi connectivity index (χ2v) is 10.7. The lowest BCUT2D eigenvalue weighted by Gasteiger charge is -2.37. The van der Waals surface area contributed by atoms with Gasteiger partial charge in [0.25, 0.3) is 0 Å². The van der Waals surface area contributed by atoms with Gasteiger partial charge < -0.3 is 5.11 Å². The van der Waals surface area contributed by atoms with Gasteiger partial charge in [0.1, 0.15) is 5.76 Å². The van der Waals surface area contributed by atoms with Crippen LogP contribution in [-0.2, 0) is 17.3 Å². The number of aliphatic hydroxyl groups is 1. The van der Waals surface area contributed by atoms with E-state index in [1.165, 1.54) is 33.4 Å². The molecule has 2 aromatic carbocycles. The van der Waals surface area contributed by atoms with Crippen molar-refractivity contribution in [3.63, 3.8) is 0 Å². The summed E-state index contributed by atoms with van der Waals surface area (Å²) in [6.07, 6.45) is 10.7. The number of fused-ring (bicyclic) bond motifs is 1. The molecule has 0 spiro atoms. The Morgan fingerprint density at radius 3 is 2.10 bits per heavy atom. The first-order valence-electron chi connectivity index (χ1n) is 11.6. The van der Waals surface area contributed by atoms with Crippen LogP contribution in [0.4, 0.5) is 0 Å². The number of allylic oxidation sites excluding steroid dienone is 6. The van der Waals surface area contributed by atoms with Crippen molar-refractivity contribution < 1.29 is 5.11 Å². The maximum Gasteiger partial charge on any atom is 0.100 e. The standard InChI is InChI=1S/C30H36O/c1-20-8-7-9-28(31)25(16-20)23-12-10-22(11-13-23)18-24-19-27-26(17-21(24)2)29(3,4)14-15-30(27,5)6/h10-17,19,31H,7-9,18H2,1-6H3. The van der Waals surface area contributed by atoms with E-state index in [4.69, 9.17) is 0 Å². The minimum atomic E-state index is 0.0604. The van der Waals surface area contributed by atoms with Crippen molar-refractivity contribution in [2.45, 2.75) is 78.1 Å². The molecule has 0 aliphatic heterocycles. The van der Waals surface area contributed by atoms with E-state index in [0.717, 1.165) is 36.8 Å². The third kappa shape index (κ3) is 4.28. The van der Waals surface area contributed by atoms with Crippen LogP contribution in [0.25, 0.3) is 5.57 Å². The van der Waals surface area contributed by atoms with Crippen LogP contribution in [-0.4, -0.2) is 5.11 Å². The summed E-state index contributed by atoms with van der Waals surface area (Å²) in [6.45, 7) is 13.6. The van der Waals surface area contributed by atoms with E-state index in [1.807, 2.05) is 0 Å². The van der Waals surface area contributed by atoms with Crippen LogP contribution in [0.5, 0.6) is 0 Å². The smallest absolute Gasteiger partial charge is 0.100 e. The molecule has 0 fully saturated rings. The Balaban J connectivity index is 1.65. The van der Waals surface area contributed by atoms with Crippen molar-refractivity contribution in [3.05, 3.63) is 99.3 Å². The Morgan fingerprint density at radius 2 is 1.45 bits per heavy atom. The molecule has 2 aliphatic carbocycles. The van der Waals surface area contributed by atoms with Crippen LogP contribution in [0.3, 0.4) is 0 Å². The first-order chi connectivity index (χ1) is 14.6. The minimum Gasteiger partial charge on any atom is -0.512 e. The number of benzene rings is 2. The monoisotopic (exact) mass is 412 g/mol. The van der Waals surface area contributed by atoms with E-state index >= 15 is 0 Å². The molecule has 0 atom stereocenters. The van der Waals surface area contributed by atoms with E-state index in [1.54, 1.807) is 0 Å². The van der Waals surface area contributed by atoms with Crippen molar-refractivity contribution in [3.8, 4) is 0 Å². The molecule has 1 N–H and O–H groups in total. The SMILES string of the molecule is CC1=CC(c2ccc(Cc3cc4c(cc3C)C(C)(C)C=CC4(C)C)cc2)=C(O)CCC1. The van der Waals surface area contributed by atoms with Gasteiger partial charge in [-0.25, -0.2) is 0 Å². The first kappa shape index (κ1) is 21.7. The molecule has 2 aromatic rings. The lowest BCUT2D eigenvalue weighted by molar-refractivity contribution is 0.389. The van der Waals surface area contributed by atoms with E-state index < -0.39 is 0 Å². The highest BCUT2D eigenvalue weighted by Crippen LogP contribution is 2.42. The molecular formula is C30H36O. The molecule has 1 nitrogen and oxygen atoms in total. The zero-order valence-corrected chi connectivity index (χ0v) is 20.0. The molecule has 31 heavy (non-hydrogen) atoms. The Morgan fingerprint density at radius 1 is 0.839 bits per heavy atom. The second-order valence-electron chi connectivity index (χ2n) is 10.7. The summed E-state index contributed by atoms with van der Waals surface area (Å²) < 4.78 is 0. The Kier molecular flexibility index (Phi) is 5.50. The predicted octanol–water partition coefficient (Wildman–Crippen LogP) is 8.11.